The highest BCUT2D eigenvalue weighted by molar-refractivity contribution is 5.91. The average molecular weight is 453 g/mol. The van der Waals surface area contributed by atoms with E-state index in [1.807, 2.05) is 4.90 Å². The van der Waals surface area contributed by atoms with Gasteiger partial charge in [-0.15, -0.1) is 0 Å². The molecule has 0 radical (unpaired) electrons. The van der Waals surface area contributed by atoms with Crippen LogP contribution in [-0.2, 0) is 5.41 Å². The molecule has 5 rings (SSSR count). The molecule has 3 heterocycles. The number of rotatable bonds is 3. The maximum absolute atomic E-state index is 14.4. The van der Waals surface area contributed by atoms with Gasteiger partial charge >= 0.3 is 0 Å². The number of carbonyl (C=O) groups excluding carboxylic acids is 1. The van der Waals surface area contributed by atoms with E-state index in [0.717, 1.165) is 36.9 Å². The molecule has 1 aliphatic heterocycles. The van der Waals surface area contributed by atoms with Gasteiger partial charge in [0.25, 0.3) is 5.91 Å². The molecule has 1 aromatic carbocycles. The molecule has 2 aliphatic rings. The fraction of sp³-hybridized carbons (Fsp3) is 0.440. The van der Waals surface area contributed by atoms with E-state index in [9.17, 15) is 13.6 Å². The first-order valence-corrected chi connectivity index (χ1v) is 11.4. The van der Waals surface area contributed by atoms with Gasteiger partial charge in [-0.2, -0.15) is 10.2 Å². The van der Waals surface area contributed by atoms with Crippen LogP contribution < -0.4 is 0 Å². The number of halogens is 2. The Labute approximate surface area is 191 Å². The summed E-state index contributed by atoms with van der Waals surface area (Å²) in [6.07, 6.45) is 5.17. The van der Waals surface area contributed by atoms with Gasteiger partial charge in [0.2, 0.25) is 5.76 Å². The van der Waals surface area contributed by atoms with Crippen LogP contribution in [0.1, 0.15) is 67.3 Å². The zero-order valence-electron chi connectivity index (χ0n) is 18.7. The van der Waals surface area contributed by atoms with E-state index in [2.05, 4.69) is 29.2 Å². The predicted octanol–water partition coefficient (Wildman–Crippen LogP) is 5.12. The van der Waals surface area contributed by atoms with Gasteiger partial charge in [-0.25, -0.2) is 8.78 Å². The summed E-state index contributed by atoms with van der Waals surface area (Å²) in [6, 6.07) is 7.19. The van der Waals surface area contributed by atoms with Crippen molar-refractivity contribution in [3.05, 3.63) is 65.2 Å². The van der Waals surface area contributed by atoms with Crippen LogP contribution in [0.4, 0.5) is 8.78 Å². The number of benzene rings is 1. The quantitative estimate of drug-likeness (QED) is 0.552. The highest BCUT2D eigenvalue weighted by Gasteiger charge is 2.45. The molecule has 6 nitrogen and oxygen atoms in total. The monoisotopic (exact) mass is 452 g/mol. The standard InChI is InChI=1S/C25H26F2N4O2/c1-15-8-10-25(2,16-5-4-12-31(14-16)24(32)21-9-11-28-33-21)23-17(15)13-20(29-30-23)22-18(26)6-3-7-19(22)27/h3,6-7,9,11,13,15-16H,4-5,8,10,12,14H2,1-2H3/t15-,16-,25+/m0/s1. The molecular formula is C25H26F2N4O2. The summed E-state index contributed by atoms with van der Waals surface area (Å²) in [6.45, 7) is 5.56. The summed E-state index contributed by atoms with van der Waals surface area (Å²) in [5.41, 5.74) is 1.64. The molecule has 0 saturated carbocycles. The number of piperidine rings is 1. The molecule has 1 fully saturated rings. The third-order valence-corrected chi connectivity index (χ3v) is 7.47. The van der Waals surface area contributed by atoms with Gasteiger partial charge in [0.1, 0.15) is 11.6 Å². The number of carbonyl (C=O) groups is 1. The maximum atomic E-state index is 14.4. The molecule has 1 aliphatic carbocycles. The molecule has 0 unspecified atom stereocenters. The highest BCUT2D eigenvalue weighted by atomic mass is 19.1. The van der Waals surface area contributed by atoms with E-state index >= 15 is 0 Å². The zero-order chi connectivity index (χ0) is 23.2. The Kier molecular flexibility index (Phi) is 5.46. The lowest BCUT2D eigenvalue weighted by atomic mass is 9.62. The topological polar surface area (TPSA) is 72.1 Å². The van der Waals surface area contributed by atoms with Crippen LogP contribution in [0.2, 0.25) is 0 Å². The first kappa shape index (κ1) is 21.7. The molecule has 8 heteroatoms. The maximum Gasteiger partial charge on any atom is 0.292 e. The van der Waals surface area contributed by atoms with Crippen LogP contribution in [0, 0.1) is 17.6 Å². The van der Waals surface area contributed by atoms with Crippen molar-refractivity contribution in [2.24, 2.45) is 5.92 Å². The highest BCUT2D eigenvalue weighted by Crippen LogP contribution is 2.48. The van der Waals surface area contributed by atoms with E-state index in [1.165, 1.54) is 24.4 Å². The summed E-state index contributed by atoms with van der Waals surface area (Å²) >= 11 is 0. The molecule has 0 bridgehead atoms. The van der Waals surface area contributed by atoms with Gasteiger partial charge < -0.3 is 9.42 Å². The van der Waals surface area contributed by atoms with E-state index in [4.69, 9.17) is 4.52 Å². The summed E-state index contributed by atoms with van der Waals surface area (Å²) < 4.78 is 33.8. The minimum atomic E-state index is -0.649. The van der Waals surface area contributed by atoms with Crippen LogP contribution >= 0.6 is 0 Å². The van der Waals surface area contributed by atoms with Gasteiger partial charge in [-0.1, -0.05) is 25.1 Å². The van der Waals surface area contributed by atoms with E-state index in [0.29, 0.717) is 13.1 Å². The Morgan fingerprint density at radius 1 is 1.18 bits per heavy atom. The largest absolute Gasteiger partial charge is 0.351 e. The third-order valence-electron chi connectivity index (χ3n) is 7.47. The first-order valence-electron chi connectivity index (χ1n) is 11.4. The Bertz CT molecular complexity index is 1160. The van der Waals surface area contributed by atoms with Gasteiger partial charge in [0, 0.05) is 24.6 Å². The van der Waals surface area contributed by atoms with E-state index < -0.39 is 11.6 Å². The third kappa shape index (κ3) is 3.71. The van der Waals surface area contributed by atoms with Crippen molar-refractivity contribution >= 4 is 5.91 Å². The summed E-state index contributed by atoms with van der Waals surface area (Å²) in [5.74, 6) is -0.812. The van der Waals surface area contributed by atoms with Crippen LogP contribution in [0.3, 0.4) is 0 Å². The van der Waals surface area contributed by atoms with Crippen molar-refractivity contribution in [2.75, 3.05) is 13.1 Å². The fourth-order valence-corrected chi connectivity index (χ4v) is 5.44. The van der Waals surface area contributed by atoms with Crippen molar-refractivity contribution in [3.63, 3.8) is 0 Å². The van der Waals surface area contributed by atoms with Crippen LogP contribution in [0.25, 0.3) is 11.3 Å². The van der Waals surface area contributed by atoms with Crippen molar-refractivity contribution in [1.82, 2.24) is 20.3 Å². The molecule has 1 saturated heterocycles. The van der Waals surface area contributed by atoms with Crippen molar-refractivity contribution in [2.45, 2.75) is 50.9 Å². The lowest BCUT2D eigenvalue weighted by Gasteiger charge is -2.46. The minimum absolute atomic E-state index is 0.145. The number of hydrogen-bond acceptors (Lipinski definition) is 5. The lowest BCUT2D eigenvalue weighted by molar-refractivity contribution is 0.0542. The number of hydrogen-bond donors (Lipinski definition) is 0. The molecular weight excluding hydrogens is 426 g/mol. The Balaban J connectivity index is 1.49. The number of aromatic nitrogens is 3. The molecule has 33 heavy (non-hydrogen) atoms. The summed E-state index contributed by atoms with van der Waals surface area (Å²) in [7, 11) is 0. The van der Waals surface area contributed by atoms with Crippen LogP contribution in [0.5, 0.6) is 0 Å². The fourth-order valence-electron chi connectivity index (χ4n) is 5.44. The van der Waals surface area contributed by atoms with Crippen molar-refractivity contribution < 1.29 is 18.1 Å². The van der Waals surface area contributed by atoms with Gasteiger partial charge in [0.15, 0.2) is 0 Å². The molecule has 0 N–H and O–H groups in total. The molecule has 2 aromatic heterocycles. The molecule has 172 valence electrons. The molecule has 3 atom stereocenters. The number of amides is 1. The van der Waals surface area contributed by atoms with Crippen molar-refractivity contribution in [3.8, 4) is 11.3 Å². The second-order valence-electron chi connectivity index (χ2n) is 9.45. The van der Waals surface area contributed by atoms with E-state index in [-0.39, 0.29) is 40.2 Å². The van der Waals surface area contributed by atoms with Gasteiger partial charge in [-0.05, 0) is 61.3 Å². The molecule has 1 amide bonds. The normalized spacial score (nSPS) is 25.0. The smallest absolute Gasteiger partial charge is 0.292 e. The number of nitrogens with zero attached hydrogens (tertiary/aromatic N) is 4. The Morgan fingerprint density at radius 2 is 1.97 bits per heavy atom. The number of fused-ring (bicyclic) bond motifs is 1. The van der Waals surface area contributed by atoms with Crippen molar-refractivity contribution in [1.29, 1.82) is 0 Å². The molecule has 3 aromatic rings. The predicted molar refractivity (Wildman–Crippen MR) is 118 cm³/mol. The van der Waals surface area contributed by atoms with Crippen LogP contribution in [-0.4, -0.2) is 39.3 Å². The average Bonchev–Trinajstić information content (AvgIpc) is 3.36. The van der Waals surface area contributed by atoms with Gasteiger partial charge in [0.05, 0.1) is 23.1 Å². The zero-order valence-corrected chi connectivity index (χ0v) is 18.7. The SMILES string of the molecule is C[C@H]1CC[C@](C)([C@H]2CCCN(C(=O)c3ccno3)C2)c2nnc(-c3c(F)cccc3F)cc21. The second-order valence-corrected chi connectivity index (χ2v) is 9.45. The minimum Gasteiger partial charge on any atom is -0.351 e. The number of likely N-dealkylation sites (tertiary alicyclic amines) is 1. The molecule has 0 spiro atoms. The second kappa shape index (κ2) is 8.32. The van der Waals surface area contributed by atoms with E-state index in [1.54, 1.807) is 12.1 Å². The first-order chi connectivity index (χ1) is 15.9. The van der Waals surface area contributed by atoms with Gasteiger partial charge in [-0.3, -0.25) is 4.79 Å². The van der Waals surface area contributed by atoms with Crippen LogP contribution in [0.15, 0.2) is 41.1 Å². The Hall–Kier alpha value is -3.16. The summed E-state index contributed by atoms with van der Waals surface area (Å²) in [4.78, 5) is 14.7. The lowest BCUT2D eigenvalue weighted by Crippen LogP contribution is -2.48. The summed E-state index contributed by atoms with van der Waals surface area (Å²) in [5, 5.41) is 12.5. The Morgan fingerprint density at radius 3 is 2.70 bits per heavy atom.